The lowest BCUT2D eigenvalue weighted by molar-refractivity contribution is -0.127. The van der Waals surface area contributed by atoms with E-state index in [1.54, 1.807) is 22.3 Å². The van der Waals surface area contributed by atoms with Gasteiger partial charge in [0.2, 0.25) is 5.91 Å². The van der Waals surface area contributed by atoms with Gasteiger partial charge in [0, 0.05) is 30.4 Å². The molecule has 3 aromatic rings. The number of benzene rings is 1. The smallest absolute Gasteiger partial charge is 0.246 e. The van der Waals surface area contributed by atoms with E-state index in [0.29, 0.717) is 19.5 Å². The number of hydrogen-bond donors (Lipinski definition) is 0. The van der Waals surface area contributed by atoms with Crippen molar-refractivity contribution in [2.24, 2.45) is 0 Å². The maximum absolute atomic E-state index is 12.9. The monoisotopic (exact) mass is 455 g/mol. The Labute approximate surface area is 186 Å². The van der Waals surface area contributed by atoms with Crippen molar-refractivity contribution in [1.29, 1.82) is 0 Å². The molecule has 3 heterocycles. The fraction of sp³-hybridized carbons (Fsp3) is 0.304. The number of carbonyl (C=O) groups excluding carboxylic acids is 1. The van der Waals surface area contributed by atoms with Gasteiger partial charge in [-0.15, -0.1) is 11.3 Å². The summed E-state index contributed by atoms with van der Waals surface area (Å²) in [7, 11) is -3.04. The first-order valence-electron chi connectivity index (χ1n) is 10.3. The highest BCUT2D eigenvalue weighted by atomic mass is 32.2. The minimum atomic E-state index is -3.04. The summed E-state index contributed by atoms with van der Waals surface area (Å²) in [6.07, 6.45) is 5.78. The highest BCUT2D eigenvalue weighted by molar-refractivity contribution is 7.91. The Morgan fingerprint density at radius 2 is 2.06 bits per heavy atom. The summed E-state index contributed by atoms with van der Waals surface area (Å²) in [6.45, 7) is 3.00. The summed E-state index contributed by atoms with van der Waals surface area (Å²) in [5.74, 6) is 0.0352. The second-order valence-electron chi connectivity index (χ2n) is 7.61. The molecule has 0 N–H and O–H groups in total. The number of hydrogen-bond acceptors (Lipinski definition) is 5. The van der Waals surface area contributed by atoms with Gasteiger partial charge in [-0.05, 0) is 36.4 Å². The fourth-order valence-corrected chi connectivity index (χ4v) is 6.35. The molecule has 1 saturated heterocycles. The van der Waals surface area contributed by atoms with E-state index in [9.17, 15) is 13.2 Å². The van der Waals surface area contributed by atoms with Crippen LogP contribution in [-0.4, -0.2) is 53.1 Å². The normalized spacial score (nSPS) is 17.9. The quantitative estimate of drug-likeness (QED) is 0.509. The molecule has 0 bridgehead atoms. The van der Waals surface area contributed by atoms with Gasteiger partial charge in [0.25, 0.3) is 0 Å². The Morgan fingerprint density at radius 1 is 1.26 bits per heavy atom. The maximum atomic E-state index is 12.9. The van der Waals surface area contributed by atoms with E-state index in [-0.39, 0.29) is 23.5 Å². The van der Waals surface area contributed by atoms with E-state index in [4.69, 9.17) is 5.10 Å². The van der Waals surface area contributed by atoms with Crippen molar-refractivity contribution in [3.8, 4) is 10.6 Å². The van der Waals surface area contributed by atoms with Crippen LogP contribution in [0.25, 0.3) is 16.6 Å². The Morgan fingerprint density at radius 3 is 2.71 bits per heavy atom. The summed E-state index contributed by atoms with van der Waals surface area (Å²) in [5, 5.41) is 6.76. The first-order chi connectivity index (χ1) is 14.9. The molecule has 162 valence electrons. The third-order valence-corrected chi connectivity index (χ3v) is 8.04. The van der Waals surface area contributed by atoms with Gasteiger partial charge in [-0.2, -0.15) is 5.10 Å². The van der Waals surface area contributed by atoms with Crippen molar-refractivity contribution < 1.29 is 13.2 Å². The van der Waals surface area contributed by atoms with Gasteiger partial charge >= 0.3 is 0 Å². The van der Waals surface area contributed by atoms with Crippen LogP contribution in [0.2, 0.25) is 0 Å². The third kappa shape index (κ3) is 5.14. The Balaban J connectivity index is 1.57. The number of carbonyl (C=O) groups is 1. The summed E-state index contributed by atoms with van der Waals surface area (Å²) in [4.78, 5) is 15.5. The zero-order valence-electron chi connectivity index (χ0n) is 17.3. The molecule has 1 aromatic carbocycles. The predicted molar refractivity (Wildman–Crippen MR) is 125 cm³/mol. The molecule has 8 heteroatoms. The number of amides is 1. The van der Waals surface area contributed by atoms with Crippen LogP contribution in [0.15, 0.2) is 60.1 Å². The Bertz CT molecular complexity index is 1170. The van der Waals surface area contributed by atoms with Crippen molar-refractivity contribution in [2.75, 3.05) is 18.1 Å². The number of nitrogens with zero attached hydrogens (tertiary/aromatic N) is 3. The molecule has 1 unspecified atom stereocenters. The Kier molecular flexibility index (Phi) is 6.38. The molecule has 1 aliphatic heterocycles. The van der Waals surface area contributed by atoms with E-state index in [1.807, 2.05) is 53.5 Å². The third-order valence-electron chi connectivity index (χ3n) is 5.41. The molecule has 1 atom stereocenters. The van der Waals surface area contributed by atoms with E-state index in [1.165, 1.54) is 6.08 Å². The van der Waals surface area contributed by atoms with Crippen LogP contribution in [0, 0.1) is 0 Å². The van der Waals surface area contributed by atoms with Gasteiger partial charge < -0.3 is 4.90 Å². The predicted octanol–water partition coefficient (Wildman–Crippen LogP) is 3.71. The standard InChI is InChI=1S/C23H25N3O3S2/c1-2-26(20-12-14-31(28,29)17-20)22(27)11-10-19-16-25(15-18-7-4-3-5-8-18)24-23(19)21-9-6-13-30-21/h3-11,13,16,20H,2,12,14-15,17H2,1H3/b11-10+. The van der Waals surface area contributed by atoms with Crippen LogP contribution in [0.5, 0.6) is 0 Å². The van der Waals surface area contributed by atoms with Gasteiger partial charge in [0.05, 0.1) is 22.9 Å². The molecular formula is C23H25N3O3S2. The van der Waals surface area contributed by atoms with E-state index >= 15 is 0 Å². The lowest BCUT2D eigenvalue weighted by Crippen LogP contribution is -2.40. The van der Waals surface area contributed by atoms with Crippen LogP contribution < -0.4 is 0 Å². The molecular weight excluding hydrogens is 430 g/mol. The zero-order chi connectivity index (χ0) is 21.8. The number of sulfone groups is 1. The molecule has 1 amide bonds. The highest BCUT2D eigenvalue weighted by Crippen LogP contribution is 2.28. The van der Waals surface area contributed by atoms with Gasteiger partial charge in [-0.25, -0.2) is 8.42 Å². The average molecular weight is 456 g/mol. The largest absolute Gasteiger partial charge is 0.335 e. The second kappa shape index (κ2) is 9.20. The maximum Gasteiger partial charge on any atom is 0.246 e. The molecule has 4 rings (SSSR count). The van der Waals surface area contributed by atoms with Gasteiger partial charge in [0.1, 0.15) is 5.69 Å². The number of thiophene rings is 1. The summed E-state index contributed by atoms with van der Waals surface area (Å²) >= 11 is 1.60. The van der Waals surface area contributed by atoms with Gasteiger partial charge in [-0.3, -0.25) is 9.48 Å². The molecule has 0 radical (unpaired) electrons. The van der Waals surface area contributed by atoms with E-state index in [0.717, 1.165) is 21.7 Å². The van der Waals surface area contributed by atoms with Gasteiger partial charge in [-0.1, -0.05) is 36.4 Å². The highest BCUT2D eigenvalue weighted by Gasteiger charge is 2.33. The Hall–Kier alpha value is -2.71. The van der Waals surface area contributed by atoms with Crippen molar-refractivity contribution in [1.82, 2.24) is 14.7 Å². The minimum Gasteiger partial charge on any atom is -0.335 e. The SMILES string of the molecule is CCN(C(=O)/C=C/c1cn(Cc2ccccc2)nc1-c1cccs1)C1CCS(=O)(=O)C1. The fourth-order valence-electron chi connectivity index (χ4n) is 3.89. The average Bonchev–Trinajstić information content (AvgIpc) is 3.48. The van der Waals surface area contributed by atoms with Crippen LogP contribution >= 0.6 is 11.3 Å². The number of rotatable bonds is 7. The summed E-state index contributed by atoms with van der Waals surface area (Å²) in [5.41, 5.74) is 2.84. The van der Waals surface area contributed by atoms with Crippen LogP contribution in [0.4, 0.5) is 0 Å². The summed E-state index contributed by atoms with van der Waals surface area (Å²) in [6, 6.07) is 13.8. The van der Waals surface area contributed by atoms with Crippen molar-refractivity contribution >= 4 is 33.2 Å². The zero-order valence-corrected chi connectivity index (χ0v) is 19.0. The lowest BCUT2D eigenvalue weighted by Gasteiger charge is -2.25. The van der Waals surface area contributed by atoms with Crippen LogP contribution in [0.1, 0.15) is 24.5 Å². The molecule has 0 saturated carbocycles. The summed E-state index contributed by atoms with van der Waals surface area (Å²) < 4.78 is 25.5. The van der Waals surface area contributed by atoms with E-state index < -0.39 is 9.84 Å². The second-order valence-corrected chi connectivity index (χ2v) is 10.8. The molecule has 1 aliphatic rings. The molecule has 0 spiro atoms. The molecule has 2 aromatic heterocycles. The van der Waals surface area contributed by atoms with Crippen molar-refractivity contribution in [3.05, 3.63) is 71.2 Å². The molecule has 0 aliphatic carbocycles. The van der Waals surface area contributed by atoms with Gasteiger partial charge in [0.15, 0.2) is 9.84 Å². The van der Waals surface area contributed by atoms with E-state index in [2.05, 4.69) is 12.1 Å². The molecule has 1 fully saturated rings. The van der Waals surface area contributed by atoms with Crippen LogP contribution in [0.3, 0.4) is 0 Å². The van der Waals surface area contributed by atoms with Crippen molar-refractivity contribution in [3.63, 3.8) is 0 Å². The molecule has 6 nitrogen and oxygen atoms in total. The van der Waals surface area contributed by atoms with Crippen molar-refractivity contribution in [2.45, 2.75) is 25.9 Å². The topological polar surface area (TPSA) is 72.3 Å². The minimum absolute atomic E-state index is 0.0515. The first-order valence-corrected chi connectivity index (χ1v) is 13.0. The first kappa shape index (κ1) is 21.5. The number of likely N-dealkylation sites (N-methyl/N-ethyl adjacent to an activating group) is 1. The lowest BCUT2D eigenvalue weighted by atomic mass is 10.2. The van der Waals surface area contributed by atoms with Crippen LogP contribution in [-0.2, 0) is 21.2 Å². The number of aromatic nitrogens is 2. The molecule has 31 heavy (non-hydrogen) atoms.